The molecule has 0 fully saturated rings. The third-order valence-electron chi connectivity index (χ3n) is 3.09. The van der Waals surface area contributed by atoms with Crippen molar-refractivity contribution in [3.05, 3.63) is 51.7 Å². The van der Waals surface area contributed by atoms with Crippen molar-refractivity contribution in [3.63, 3.8) is 0 Å². The first-order valence-corrected chi connectivity index (χ1v) is 6.88. The molecular formula is C14H16N2S. The Balaban J connectivity index is 1.58. The average molecular weight is 244 g/mol. The van der Waals surface area contributed by atoms with Crippen molar-refractivity contribution in [1.82, 2.24) is 5.32 Å². The van der Waals surface area contributed by atoms with E-state index >= 15 is 0 Å². The van der Waals surface area contributed by atoms with Crippen molar-refractivity contribution in [1.29, 1.82) is 0 Å². The average Bonchev–Trinajstić information content (AvgIpc) is 2.98. The van der Waals surface area contributed by atoms with Crippen LogP contribution in [0.3, 0.4) is 0 Å². The standard InChI is InChI=1S/C14H16N2S/c1-2-13(17-7-1)10-15-9-11-3-4-12-5-6-16-14(12)8-11/h1-4,7-8,15-16H,5-6,9-10H2. The summed E-state index contributed by atoms with van der Waals surface area (Å²) in [6.07, 6.45) is 1.16. The van der Waals surface area contributed by atoms with Crippen molar-refractivity contribution in [2.24, 2.45) is 0 Å². The molecule has 0 saturated heterocycles. The largest absolute Gasteiger partial charge is 0.384 e. The monoisotopic (exact) mass is 244 g/mol. The van der Waals surface area contributed by atoms with Gasteiger partial charge in [0.1, 0.15) is 0 Å². The van der Waals surface area contributed by atoms with Crippen LogP contribution in [0.1, 0.15) is 16.0 Å². The van der Waals surface area contributed by atoms with E-state index in [0.29, 0.717) is 0 Å². The molecule has 1 aromatic heterocycles. The molecule has 2 nitrogen and oxygen atoms in total. The van der Waals surface area contributed by atoms with Crippen LogP contribution in [0.25, 0.3) is 0 Å². The smallest absolute Gasteiger partial charge is 0.0376 e. The van der Waals surface area contributed by atoms with E-state index in [1.165, 1.54) is 21.7 Å². The van der Waals surface area contributed by atoms with E-state index < -0.39 is 0 Å². The number of hydrogen-bond donors (Lipinski definition) is 2. The number of fused-ring (bicyclic) bond motifs is 1. The van der Waals surface area contributed by atoms with E-state index in [2.05, 4.69) is 46.3 Å². The fraction of sp³-hybridized carbons (Fsp3) is 0.286. The lowest BCUT2D eigenvalue weighted by atomic mass is 10.1. The number of rotatable bonds is 4. The molecule has 1 aliphatic heterocycles. The van der Waals surface area contributed by atoms with Crippen molar-refractivity contribution >= 4 is 17.0 Å². The zero-order valence-electron chi connectivity index (χ0n) is 9.70. The third-order valence-corrected chi connectivity index (χ3v) is 3.97. The Bertz CT molecular complexity index is 491. The lowest BCUT2D eigenvalue weighted by Gasteiger charge is -2.06. The molecule has 88 valence electrons. The molecule has 1 aromatic carbocycles. The summed E-state index contributed by atoms with van der Waals surface area (Å²) >= 11 is 1.80. The molecule has 2 heterocycles. The van der Waals surface area contributed by atoms with Crippen molar-refractivity contribution in [2.45, 2.75) is 19.5 Å². The van der Waals surface area contributed by atoms with Gasteiger partial charge >= 0.3 is 0 Å². The van der Waals surface area contributed by atoms with E-state index in [0.717, 1.165) is 26.1 Å². The molecule has 3 rings (SSSR count). The van der Waals surface area contributed by atoms with E-state index in [-0.39, 0.29) is 0 Å². The first-order chi connectivity index (χ1) is 8.42. The predicted molar refractivity (Wildman–Crippen MR) is 73.5 cm³/mol. The zero-order valence-corrected chi connectivity index (χ0v) is 10.5. The second kappa shape index (κ2) is 4.90. The number of hydrogen-bond acceptors (Lipinski definition) is 3. The van der Waals surface area contributed by atoms with E-state index in [1.807, 2.05) is 0 Å². The zero-order chi connectivity index (χ0) is 11.5. The predicted octanol–water partition coefficient (Wildman–Crippen LogP) is 3.01. The minimum absolute atomic E-state index is 0.937. The van der Waals surface area contributed by atoms with Gasteiger partial charge in [0.15, 0.2) is 0 Å². The van der Waals surface area contributed by atoms with Gasteiger partial charge in [0, 0.05) is 30.2 Å². The van der Waals surface area contributed by atoms with Gasteiger partial charge in [0.05, 0.1) is 0 Å². The van der Waals surface area contributed by atoms with Crippen LogP contribution in [-0.2, 0) is 19.5 Å². The molecule has 2 N–H and O–H groups in total. The van der Waals surface area contributed by atoms with Crippen LogP contribution in [-0.4, -0.2) is 6.54 Å². The fourth-order valence-electron chi connectivity index (χ4n) is 2.19. The Morgan fingerprint density at radius 1 is 1.24 bits per heavy atom. The normalized spacial score (nSPS) is 13.4. The van der Waals surface area contributed by atoms with E-state index in [1.54, 1.807) is 11.3 Å². The van der Waals surface area contributed by atoms with Gasteiger partial charge in [-0.2, -0.15) is 0 Å². The fourth-order valence-corrected chi connectivity index (χ4v) is 2.87. The van der Waals surface area contributed by atoms with Gasteiger partial charge < -0.3 is 10.6 Å². The summed E-state index contributed by atoms with van der Waals surface area (Å²) in [5.74, 6) is 0. The van der Waals surface area contributed by atoms with Gasteiger partial charge in [0.25, 0.3) is 0 Å². The molecule has 0 aliphatic carbocycles. The molecule has 0 radical (unpaired) electrons. The molecule has 3 heteroatoms. The van der Waals surface area contributed by atoms with Crippen molar-refractivity contribution in [3.8, 4) is 0 Å². The summed E-state index contributed by atoms with van der Waals surface area (Å²) in [6.45, 7) is 2.98. The lowest BCUT2D eigenvalue weighted by Crippen LogP contribution is -2.11. The van der Waals surface area contributed by atoms with E-state index in [9.17, 15) is 0 Å². The Kier molecular flexibility index (Phi) is 3.12. The number of benzene rings is 1. The van der Waals surface area contributed by atoms with Gasteiger partial charge in [-0.05, 0) is 35.1 Å². The summed E-state index contributed by atoms with van der Waals surface area (Å²) in [5, 5.41) is 9.02. The summed E-state index contributed by atoms with van der Waals surface area (Å²) in [4.78, 5) is 1.39. The van der Waals surface area contributed by atoms with Crippen LogP contribution in [0.5, 0.6) is 0 Å². The maximum atomic E-state index is 3.48. The second-order valence-electron chi connectivity index (χ2n) is 4.35. The minimum Gasteiger partial charge on any atom is -0.384 e. The number of nitrogens with one attached hydrogen (secondary N) is 2. The quantitative estimate of drug-likeness (QED) is 0.864. The highest BCUT2D eigenvalue weighted by atomic mass is 32.1. The molecular weight excluding hydrogens is 228 g/mol. The minimum atomic E-state index is 0.937. The maximum absolute atomic E-state index is 3.48. The molecule has 2 aromatic rings. The molecule has 17 heavy (non-hydrogen) atoms. The lowest BCUT2D eigenvalue weighted by molar-refractivity contribution is 0.701. The van der Waals surface area contributed by atoms with Gasteiger partial charge in [-0.3, -0.25) is 0 Å². The SMILES string of the molecule is c1csc(CNCc2ccc3c(c2)NCC3)c1. The molecule has 0 unspecified atom stereocenters. The topological polar surface area (TPSA) is 24.1 Å². The molecule has 0 bridgehead atoms. The molecule has 0 saturated carbocycles. The first-order valence-electron chi connectivity index (χ1n) is 6.00. The summed E-state index contributed by atoms with van der Waals surface area (Å²) in [5.41, 5.74) is 4.13. The highest BCUT2D eigenvalue weighted by molar-refractivity contribution is 7.09. The first kappa shape index (κ1) is 10.8. The van der Waals surface area contributed by atoms with Gasteiger partial charge in [-0.1, -0.05) is 18.2 Å². The number of anilines is 1. The molecule has 0 spiro atoms. The van der Waals surface area contributed by atoms with Gasteiger partial charge in [-0.25, -0.2) is 0 Å². The van der Waals surface area contributed by atoms with Crippen LogP contribution in [0.15, 0.2) is 35.7 Å². The van der Waals surface area contributed by atoms with E-state index in [4.69, 9.17) is 0 Å². The van der Waals surface area contributed by atoms with Gasteiger partial charge in [0.2, 0.25) is 0 Å². The van der Waals surface area contributed by atoms with Crippen molar-refractivity contribution < 1.29 is 0 Å². The highest BCUT2D eigenvalue weighted by Crippen LogP contribution is 2.23. The Hall–Kier alpha value is -1.32. The van der Waals surface area contributed by atoms with Gasteiger partial charge in [-0.15, -0.1) is 11.3 Å². The van der Waals surface area contributed by atoms with Crippen LogP contribution < -0.4 is 10.6 Å². The van der Waals surface area contributed by atoms with Crippen molar-refractivity contribution in [2.75, 3.05) is 11.9 Å². The Morgan fingerprint density at radius 3 is 3.12 bits per heavy atom. The third kappa shape index (κ3) is 2.51. The molecule has 1 aliphatic rings. The molecule has 0 amide bonds. The second-order valence-corrected chi connectivity index (χ2v) is 5.38. The van der Waals surface area contributed by atoms with Crippen LogP contribution >= 0.6 is 11.3 Å². The molecule has 0 atom stereocenters. The maximum Gasteiger partial charge on any atom is 0.0376 e. The summed E-state index contributed by atoms with van der Waals surface area (Å²) in [6, 6.07) is 11.0. The van der Waals surface area contributed by atoms with Crippen LogP contribution in [0.2, 0.25) is 0 Å². The van der Waals surface area contributed by atoms with Crippen LogP contribution in [0, 0.1) is 0 Å². The number of thiophene rings is 1. The highest BCUT2D eigenvalue weighted by Gasteiger charge is 2.09. The Labute approximate surface area is 106 Å². The summed E-state index contributed by atoms with van der Waals surface area (Å²) in [7, 11) is 0. The summed E-state index contributed by atoms with van der Waals surface area (Å²) < 4.78 is 0. The van der Waals surface area contributed by atoms with Crippen LogP contribution in [0.4, 0.5) is 5.69 Å². The Morgan fingerprint density at radius 2 is 2.24 bits per heavy atom.